The van der Waals surface area contributed by atoms with Crippen LogP contribution in [0.15, 0.2) is 0 Å². The predicted molar refractivity (Wildman–Crippen MR) is 76.5 cm³/mol. The van der Waals surface area contributed by atoms with Gasteiger partial charge in [0, 0.05) is 31.0 Å². The van der Waals surface area contributed by atoms with Crippen molar-refractivity contribution in [1.29, 1.82) is 0 Å². The van der Waals surface area contributed by atoms with E-state index >= 15 is 0 Å². The first-order chi connectivity index (χ1) is 9.64. The first-order valence-electron chi connectivity index (χ1n) is 7.72. The highest BCUT2D eigenvalue weighted by molar-refractivity contribution is 5.67. The van der Waals surface area contributed by atoms with Crippen LogP contribution >= 0.6 is 0 Å². The number of ether oxygens (including phenoxy) is 1. The summed E-state index contributed by atoms with van der Waals surface area (Å²) < 4.78 is 31.6. The summed E-state index contributed by atoms with van der Waals surface area (Å²) in [5.74, 6) is -2.42. The first kappa shape index (κ1) is 16.5. The van der Waals surface area contributed by atoms with Crippen LogP contribution in [0.3, 0.4) is 0 Å². The normalized spacial score (nSPS) is 31.0. The maximum atomic E-state index is 13.2. The zero-order valence-electron chi connectivity index (χ0n) is 13.1. The van der Waals surface area contributed by atoms with Crippen LogP contribution in [0.25, 0.3) is 0 Å². The van der Waals surface area contributed by atoms with Gasteiger partial charge in [0.05, 0.1) is 0 Å². The van der Waals surface area contributed by atoms with Crippen LogP contribution in [0, 0.1) is 5.41 Å². The lowest BCUT2D eigenvalue weighted by molar-refractivity contribution is 0.0434. The molecule has 0 heterocycles. The van der Waals surface area contributed by atoms with Gasteiger partial charge in [-0.3, -0.25) is 0 Å². The number of hydrogen-bond donors (Lipinski definition) is 2. The highest BCUT2D eigenvalue weighted by Crippen LogP contribution is 2.67. The molecule has 0 aliphatic heterocycles. The van der Waals surface area contributed by atoms with E-state index in [1.54, 1.807) is 0 Å². The van der Waals surface area contributed by atoms with Crippen LogP contribution in [-0.2, 0) is 4.74 Å². The maximum absolute atomic E-state index is 13.2. The van der Waals surface area contributed by atoms with Crippen molar-refractivity contribution in [3.63, 3.8) is 0 Å². The van der Waals surface area contributed by atoms with E-state index < -0.39 is 23.0 Å². The fourth-order valence-electron chi connectivity index (χ4n) is 3.05. The summed E-state index contributed by atoms with van der Waals surface area (Å²) in [6, 6.07) is 0.285. The summed E-state index contributed by atoms with van der Waals surface area (Å²) in [6.07, 6.45) is 2.45. The lowest BCUT2D eigenvalue weighted by Crippen LogP contribution is -2.41. The van der Waals surface area contributed by atoms with Gasteiger partial charge < -0.3 is 15.4 Å². The third-order valence-electron chi connectivity index (χ3n) is 4.38. The molecule has 2 rings (SSSR count). The van der Waals surface area contributed by atoms with Gasteiger partial charge in [-0.25, -0.2) is 13.6 Å². The molecular weight excluding hydrogens is 278 g/mol. The summed E-state index contributed by atoms with van der Waals surface area (Å²) in [5, 5.41) is 5.99. The molecule has 2 N–H and O–H groups in total. The number of alkyl halides is 2. The van der Waals surface area contributed by atoms with Gasteiger partial charge in [-0.15, -0.1) is 0 Å². The zero-order chi connectivity index (χ0) is 15.7. The Bertz CT molecular complexity index is 386. The number of nitrogens with one attached hydrogen (secondary N) is 2. The van der Waals surface area contributed by atoms with Gasteiger partial charge in [0.2, 0.25) is 0 Å². The molecule has 0 bridgehead atoms. The zero-order valence-corrected chi connectivity index (χ0v) is 13.1. The molecule has 1 amide bonds. The molecule has 0 aromatic carbocycles. The van der Waals surface area contributed by atoms with Gasteiger partial charge in [-0.05, 0) is 46.5 Å². The Labute approximate surface area is 125 Å². The standard InChI is InChI=1S/C15H26F2N2O2/c1-13(2,3)21-12(20)19-9-8-18-11-4-6-14(7-5-11)10-15(14,16)17/h11,18H,4-10H2,1-3H3,(H,19,20). The van der Waals surface area contributed by atoms with Gasteiger partial charge in [0.1, 0.15) is 5.60 Å². The Kier molecular flexibility index (Phi) is 4.47. The van der Waals surface area contributed by atoms with Crippen molar-refractivity contribution in [2.75, 3.05) is 13.1 Å². The maximum Gasteiger partial charge on any atom is 0.407 e. The third kappa shape index (κ3) is 4.28. The number of amides is 1. The second kappa shape index (κ2) is 5.71. The van der Waals surface area contributed by atoms with Crippen molar-refractivity contribution in [2.24, 2.45) is 5.41 Å². The Morgan fingerprint density at radius 3 is 2.29 bits per heavy atom. The van der Waals surface area contributed by atoms with Gasteiger partial charge in [-0.2, -0.15) is 0 Å². The van der Waals surface area contributed by atoms with E-state index in [0.717, 1.165) is 12.8 Å². The quantitative estimate of drug-likeness (QED) is 0.785. The number of rotatable bonds is 4. The molecule has 0 unspecified atom stereocenters. The summed E-state index contributed by atoms with van der Waals surface area (Å²) >= 11 is 0. The van der Waals surface area contributed by atoms with Crippen molar-refractivity contribution < 1.29 is 18.3 Å². The fourth-order valence-corrected chi connectivity index (χ4v) is 3.05. The van der Waals surface area contributed by atoms with E-state index in [1.165, 1.54) is 0 Å². The second-order valence-corrected chi connectivity index (χ2v) is 7.32. The molecule has 2 aliphatic rings. The Morgan fingerprint density at radius 1 is 1.24 bits per heavy atom. The predicted octanol–water partition coefficient (Wildman–Crippen LogP) is 3.07. The molecule has 0 aromatic rings. The summed E-state index contributed by atoms with van der Waals surface area (Å²) in [6.45, 7) is 6.56. The molecule has 0 radical (unpaired) electrons. The highest BCUT2D eigenvalue weighted by atomic mass is 19.3. The molecule has 1 spiro atoms. The fraction of sp³-hybridized carbons (Fsp3) is 0.933. The Hall–Kier alpha value is -0.910. The van der Waals surface area contributed by atoms with Crippen molar-refractivity contribution >= 4 is 6.09 Å². The highest BCUT2D eigenvalue weighted by Gasteiger charge is 2.70. The summed E-state index contributed by atoms with van der Waals surface area (Å²) in [7, 11) is 0. The van der Waals surface area contributed by atoms with Crippen LogP contribution < -0.4 is 10.6 Å². The van der Waals surface area contributed by atoms with Crippen LogP contribution in [0.2, 0.25) is 0 Å². The lowest BCUT2D eigenvalue weighted by atomic mass is 9.83. The average molecular weight is 304 g/mol. The van der Waals surface area contributed by atoms with Gasteiger partial charge in [0.15, 0.2) is 0 Å². The lowest BCUT2D eigenvalue weighted by Gasteiger charge is -2.29. The van der Waals surface area contributed by atoms with Crippen LogP contribution in [0.5, 0.6) is 0 Å². The van der Waals surface area contributed by atoms with E-state index in [9.17, 15) is 13.6 Å². The minimum atomic E-state index is -2.42. The van der Waals surface area contributed by atoms with Crippen LogP contribution in [-0.4, -0.2) is 36.7 Å². The molecule has 0 aromatic heterocycles. The van der Waals surface area contributed by atoms with E-state index in [0.29, 0.717) is 25.9 Å². The second-order valence-electron chi connectivity index (χ2n) is 7.32. The van der Waals surface area contributed by atoms with Crippen molar-refractivity contribution in [2.45, 2.75) is 70.4 Å². The summed E-state index contributed by atoms with van der Waals surface area (Å²) in [5.41, 5.74) is -1.18. The molecule has 122 valence electrons. The SMILES string of the molecule is CC(C)(C)OC(=O)NCCNC1CCC2(CC1)CC2(F)F. The number of hydrogen-bond acceptors (Lipinski definition) is 3. The molecule has 0 atom stereocenters. The smallest absolute Gasteiger partial charge is 0.407 e. The number of carbonyl (C=O) groups is 1. The van der Waals surface area contributed by atoms with Crippen molar-refractivity contribution in [3.05, 3.63) is 0 Å². The minimum absolute atomic E-state index is 0.0763. The topological polar surface area (TPSA) is 50.4 Å². The molecule has 4 nitrogen and oxygen atoms in total. The van der Waals surface area contributed by atoms with Crippen LogP contribution in [0.1, 0.15) is 52.9 Å². The van der Waals surface area contributed by atoms with Gasteiger partial charge >= 0.3 is 6.09 Å². The molecule has 2 saturated carbocycles. The van der Waals surface area contributed by atoms with Crippen LogP contribution in [0.4, 0.5) is 13.6 Å². The largest absolute Gasteiger partial charge is 0.444 e. The molecular formula is C15H26F2N2O2. The third-order valence-corrected chi connectivity index (χ3v) is 4.38. The molecule has 6 heteroatoms. The molecule has 2 aliphatic carbocycles. The van der Waals surface area contributed by atoms with E-state index in [4.69, 9.17) is 4.74 Å². The number of alkyl carbamates (subject to hydrolysis) is 1. The number of carbonyl (C=O) groups excluding carboxylic acids is 1. The molecule has 0 saturated heterocycles. The van der Waals surface area contributed by atoms with Crippen molar-refractivity contribution in [3.8, 4) is 0 Å². The van der Waals surface area contributed by atoms with Crippen molar-refractivity contribution in [1.82, 2.24) is 10.6 Å². The Balaban J connectivity index is 1.56. The Morgan fingerprint density at radius 2 is 1.81 bits per heavy atom. The molecule has 2 fully saturated rings. The average Bonchev–Trinajstić information content (AvgIpc) is 2.86. The number of halogens is 2. The van der Waals surface area contributed by atoms with E-state index in [2.05, 4.69) is 10.6 Å². The van der Waals surface area contributed by atoms with E-state index in [-0.39, 0.29) is 12.5 Å². The van der Waals surface area contributed by atoms with E-state index in [1.807, 2.05) is 20.8 Å². The van der Waals surface area contributed by atoms with Gasteiger partial charge in [-0.1, -0.05) is 0 Å². The minimum Gasteiger partial charge on any atom is -0.444 e. The summed E-state index contributed by atoms with van der Waals surface area (Å²) in [4.78, 5) is 11.4. The van der Waals surface area contributed by atoms with Gasteiger partial charge in [0.25, 0.3) is 5.92 Å². The molecule has 21 heavy (non-hydrogen) atoms. The first-order valence-corrected chi connectivity index (χ1v) is 7.72. The monoisotopic (exact) mass is 304 g/mol.